The van der Waals surface area contributed by atoms with Crippen LogP contribution in [0, 0.1) is 0 Å². The van der Waals surface area contributed by atoms with E-state index in [0.29, 0.717) is 5.56 Å². The Morgan fingerprint density at radius 1 is 1.23 bits per heavy atom. The molecule has 146 valence electrons. The summed E-state index contributed by atoms with van der Waals surface area (Å²) in [5, 5.41) is 11.9. The first kappa shape index (κ1) is 22.5. The molecular formula is C15H19Cl2NO7S. The van der Waals surface area contributed by atoms with Crippen LogP contribution in [0.25, 0.3) is 0 Å². The van der Waals surface area contributed by atoms with Gasteiger partial charge in [0, 0.05) is 6.26 Å². The minimum absolute atomic E-state index is 0.0557. The molecule has 0 heterocycles. The zero-order chi connectivity index (χ0) is 19.9. The van der Waals surface area contributed by atoms with Crippen LogP contribution < -0.4 is 5.32 Å². The van der Waals surface area contributed by atoms with Gasteiger partial charge in [-0.1, -0.05) is 35.3 Å². The van der Waals surface area contributed by atoms with Crippen LogP contribution in [0.2, 0.25) is 0 Å². The number of carbonyl (C=O) groups excluding carboxylic acids is 2. The van der Waals surface area contributed by atoms with E-state index in [4.69, 9.17) is 32.7 Å². The van der Waals surface area contributed by atoms with Gasteiger partial charge in [0.25, 0.3) is 5.91 Å². The van der Waals surface area contributed by atoms with Gasteiger partial charge in [-0.15, -0.1) is 0 Å². The number of ether oxygens (including phenoxy) is 2. The number of aliphatic hydroxyl groups is 1. The maximum atomic E-state index is 11.7. The van der Waals surface area contributed by atoms with E-state index < -0.39 is 45.5 Å². The lowest BCUT2D eigenvalue weighted by atomic mass is 10.0. The summed E-state index contributed by atoms with van der Waals surface area (Å²) in [5.41, 5.74) is 0.325. The highest BCUT2D eigenvalue weighted by Gasteiger charge is 2.30. The van der Waals surface area contributed by atoms with Crippen molar-refractivity contribution in [2.24, 2.45) is 0 Å². The summed E-state index contributed by atoms with van der Waals surface area (Å²) in [6.45, 7) is 1.03. The number of benzene rings is 1. The van der Waals surface area contributed by atoms with Gasteiger partial charge in [0.1, 0.15) is 0 Å². The molecule has 0 aliphatic carbocycles. The molecule has 2 N–H and O–H groups in total. The fourth-order valence-corrected chi connectivity index (χ4v) is 2.76. The third-order valence-corrected chi connectivity index (χ3v) is 4.74. The summed E-state index contributed by atoms with van der Waals surface area (Å²) in [4.78, 5) is 22.1. The highest BCUT2D eigenvalue weighted by molar-refractivity contribution is 7.90. The van der Waals surface area contributed by atoms with Crippen LogP contribution >= 0.6 is 23.2 Å². The number of hydrogen-bond acceptors (Lipinski definition) is 7. The first-order valence-corrected chi connectivity index (χ1v) is 10.2. The minimum Gasteiger partial charge on any atom is -0.435 e. The minimum atomic E-state index is -3.42. The van der Waals surface area contributed by atoms with Crippen LogP contribution in [0.15, 0.2) is 29.2 Å². The molecule has 1 aromatic rings. The predicted octanol–water partition coefficient (Wildman–Crippen LogP) is 1.59. The van der Waals surface area contributed by atoms with Crippen molar-refractivity contribution >= 4 is 45.1 Å². The molecule has 0 radical (unpaired) electrons. The molecule has 1 amide bonds. The Labute approximate surface area is 161 Å². The summed E-state index contributed by atoms with van der Waals surface area (Å²) in [6.07, 6.45) is -1.14. The second kappa shape index (κ2) is 9.96. The van der Waals surface area contributed by atoms with Crippen molar-refractivity contribution in [3.63, 3.8) is 0 Å². The van der Waals surface area contributed by atoms with Gasteiger partial charge in [-0.2, -0.15) is 0 Å². The fraction of sp³-hybridized carbons (Fsp3) is 0.467. The zero-order valence-corrected chi connectivity index (χ0v) is 16.3. The largest absolute Gasteiger partial charge is 0.508 e. The summed E-state index contributed by atoms with van der Waals surface area (Å²) in [6, 6.07) is 4.33. The van der Waals surface area contributed by atoms with Gasteiger partial charge in [-0.25, -0.2) is 13.2 Å². The molecule has 26 heavy (non-hydrogen) atoms. The smallest absolute Gasteiger partial charge is 0.435 e. The number of sulfone groups is 1. The van der Waals surface area contributed by atoms with Gasteiger partial charge < -0.3 is 19.9 Å². The van der Waals surface area contributed by atoms with Crippen LogP contribution in [0.5, 0.6) is 0 Å². The molecule has 1 rings (SSSR count). The number of alkyl halides is 2. The molecule has 0 aliphatic rings. The number of nitrogens with one attached hydrogen (secondary N) is 1. The zero-order valence-electron chi connectivity index (χ0n) is 14.0. The van der Waals surface area contributed by atoms with Crippen LogP contribution in [-0.4, -0.2) is 55.9 Å². The van der Waals surface area contributed by atoms with Crippen molar-refractivity contribution < 1.29 is 32.6 Å². The lowest BCUT2D eigenvalue weighted by Crippen LogP contribution is -2.45. The number of hydrogen-bond donors (Lipinski definition) is 2. The molecule has 11 heteroatoms. The van der Waals surface area contributed by atoms with E-state index in [-0.39, 0.29) is 11.5 Å². The van der Waals surface area contributed by atoms with Gasteiger partial charge >= 0.3 is 6.16 Å². The summed E-state index contributed by atoms with van der Waals surface area (Å²) in [5.74, 6) is -0.794. The highest BCUT2D eigenvalue weighted by Crippen LogP contribution is 2.24. The number of aliphatic hydroxyl groups excluding tert-OH is 1. The van der Waals surface area contributed by atoms with Crippen LogP contribution in [-0.2, 0) is 24.1 Å². The van der Waals surface area contributed by atoms with Gasteiger partial charge in [-0.05, 0) is 24.6 Å². The number of rotatable bonds is 8. The second-order valence-electron chi connectivity index (χ2n) is 5.16. The molecular weight excluding hydrogens is 409 g/mol. The second-order valence-corrected chi connectivity index (χ2v) is 8.27. The monoisotopic (exact) mass is 427 g/mol. The Balaban J connectivity index is 3.17. The van der Waals surface area contributed by atoms with Gasteiger partial charge in [0.05, 0.1) is 24.2 Å². The molecule has 0 aliphatic heterocycles. The van der Waals surface area contributed by atoms with E-state index in [0.717, 1.165) is 6.26 Å². The molecule has 0 unspecified atom stereocenters. The van der Waals surface area contributed by atoms with Gasteiger partial charge in [-0.3, -0.25) is 4.79 Å². The topological polar surface area (TPSA) is 119 Å². The Bertz CT molecular complexity index is 722. The van der Waals surface area contributed by atoms with Crippen LogP contribution in [0.4, 0.5) is 4.79 Å². The maximum absolute atomic E-state index is 11.7. The van der Waals surface area contributed by atoms with Crippen molar-refractivity contribution in [3.8, 4) is 0 Å². The van der Waals surface area contributed by atoms with E-state index >= 15 is 0 Å². The van der Waals surface area contributed by atoms with Crippen molar-refractivity contribution in [2.45, 2.75) is 28.8 Å². The summed E-state index contributed by atoms with van der Waals surface area (Å²) >= 11 is 11.0. The Hall–Kier alpha value is -1.55. The Morgan fingerprint density at radius 2 is 1.81 bits per heavy atom. The highest BCUT2D eigenvalue weighted by atomic mass is 35.5. The first-order chi connectivity index (χ1) is 12.1. The van der Waals surface area contributed by atoms with E-state index in [1.165, 1.54) is 24.3 Å². The van der Waals surface area contributed by atoms with Crippen LogP contribution in [0.1, 0.15) is 18.6 Å². The Kier molecular flexibility index (Phi) is 8.61. The average molecular weight is 428 g/mol. The standard InChI is InChI=1S/C15H19Cl2NO7S/c1-3-24-15(21)25-12(11(8-19)18-14(20)13(16)17)9-4-6-10(7-5-9)26(2,22)23/h4-7,11-13,19H,3,8H2,1-2H3,(H,18,20)/t11-,12+/m0/s1. The van der Waals surface area contributed by atoms with Crippen molar-refractivity contribution in [2.75, 3.05) is 19.5 Å². The van der Waals surface area contributed by atoms with Crippen molar-refractivity contribution in [3.05, 3.63) is 29.8 Å². The molecule has 0 fully saturated rings. The van der Waals surface area contributed by atoms with E-state index in [2.05, 4.69) is 5.32 Å². The van der Waals surface area contributed by atoms with E-state index in [1.54, 1.807) is 6.92 Å². The molecule has 1 aromatic carbocycles. The molecule has 0 saturated carbocycles. The third kappa shape index (κ3) is 6.64. The lowest BCUT2D eigenvalue weighted by Gasteiger charge is -2.26. The molecule has 0 saturated heterocycles. The van der Waals surface area contributed by atoms with Gasteiger partial charge in [0.15, 0.2) is 20.8 Å². The van der Waals surface area contributed by atoms with Crippen molar-refractivity contribution in [1.82, 2.24) is 5.32 Å². The molecule has 8 nitrogen and oxygen atoms in total. The first-order valence-electron chi connectivity index (χ1n) is 7.43. The fourth-order valence-electron chi connectivity index (χ4n) is 2.01. The number of carbonyl (C=O) groups is 2. The van der Waals surface area contributed by atoms with Gasteiger partial charge in [0.2, 0.25) is 0 Å². The maximum Gasteiger partial charge on any atom is 0.508 e. The lowest BCUT2D eigenvalue weighted by molar-refractivity contribution is -0.121. The number of amides is 1. The summed E-state index contributed by atoms with van der Waals surface area (Å²) < 4.78 is 33.0. The number of halogens is 2. The predicted molar refractivity (Wildman–Crippen MR) is 94.9 cm³/mol. The Morgan fingerprint density at radius 3 is 2.23 bits per heavy atom. The molecule has 0 bridgehead atoms. The molecule has 0 aromatic heterocycles. The average Bonchev–Trinajstić information content (AvgIpc) is 2.57. The SMILES string of the molecule is CCOC(=O)O[C@H](c1ccc(S(C)(=O)=O)cc1)[C@H](CO)NC(=O)C(Cl)Cl. The van der Waals surface area contributed by atoms with Crippen molar-refractivity contribution in [1.29, 1.82) is 0 Å². The summed E-state index contributed by atoms with van der Waals surface area (Å²) in [7, 11) is -3.42. The van der Waals surface area contributed by atoms with E-state index in [9.17, 15) is 23.1 Å². The quantitative estimate of drug-likeness (QED) is 0.477. The normalized spacial score (nSPS) is 13.8. The molecule has 2 atom stereocenters. The third-order valence-electron chi connectivity index (χ3n) is 3.21. The van der Waals surface area contributed by atoms with E-state index in [1.807, 2.05) is 0 Å². The molecule has 0 spiro atoms. The van der Waals surface area contributed by atoms with Crippen LogP contribution in [0.3, 0.4) is 0 Å².